The van der Waals surface area contributed by atoms with Crippen LogP contribution in [0.1, 0.15) is 29.3 Å². The predicted molar refractivity (Wildman–Crippen MR) is 115 cm³/mol. The molecule has 152 valence electrons. The molecule has 3 amide bonds. The number of imide groups is 1. The summed E-state index contributed by atoms with van der Waals surface area (Å²) in [5.74, 6) is -1.13. The Morgan fingerprint density at radius 1 is 1.07 bits per heavy atom. The molecule has 5 nitrogen and oxygen atoms in total. The average Bonchev–Trinajstić information content (AvgIpc) is 3.35. The molecule has 30 heavy (non-hydrogen) atoms. The number of hydrogen-bond donors (Lipinski definition) is 1. The Hall–Kier alpha value is -2.92. The highest BCUT2D eigenvalue weighted by atomic mass is 35.5. The van der Waals surface area contributed by atoms with Gasteiger partial charge in [-0.15, -0.1) is 0 Å². The quantitative estimate of drug-likeness (QED) is 0.582. The van der Waals surface area contributed by atoms with Gasteiger partial charge in [0.05, 0.1) is 23.1 Å². The smallest absolute Gasteiger partial charge is 0.257 e. The minimum atomic E-state index is -0.383. The van der Waals surface area contributed by atoms with Gasteiger partial charge >= 0.3 is 0 Å². The zero-order valence-electron chi connectivity index (χ0n) is 16.7. The van der Waals surface area contributed by atoms with Gasteiger partial charge < -0.3 is 5.32 Å². The van der Waals surface area contributed by atoms with Crippen LogP contribution in [-0.4, -0.2) is 17.7 Å². The molecule has 2 aromatic carbocycles. The van der Waals surface area contributed by atoms with Gasteiger partial charge in [0, 0.05) is 10.7 Å². The minimum Gasteiger partial charge on any atom is -0.322 e. The lowest BCUT2D eigenvalue weighted by molar-refractivity contribution is -0.123. The lowest BCUT2D eigenvalue weighted by Crippen LogP contribution is -2.34. The fourth-order valence-corrected chi connectivity index (χ4v) is 5.46. The predicted octanol–water partition coefficient (Wildman–Crippen LogP) is 4.60. The second-order valence-corrected chi connectivity index (χ2v) is 8.85. The van der Waals surface area contributed by atoms with Gasteiger partial charge in [-0.05, 0) is 61.9 Å². The number of aryl methyl sites for hydroxylation is 1. The van der Waals surface area contributed by atoms with Gasteiger partial charge in [-0.3, -0.25) is 14.4 Å². The van der Waals surface area contributed by atoms with Crippen LogP contribution in [0.2, 0.25) is 5.02 Å². The SMILES string of the molecule is CC1=C[C@H]2C[C@H]1[C@@H]1C(=O)N(c3ccccc3C(=O)Nc3cc(Cl)ccc3C)C(=O)[C@@H]12. The van der Waals surface area contributed by atoms with E-state index in [9.17, 15) is 14.4 Å². The van der Waals surface area contributed by atoms with Crippen molar-refractivity contribution < 1.29 is 14.4 Å². The van der Waals surface area contributed by atoms with E-state index in [-0.39, 0.29) is 47.0 Å². The molecule has 1 saturated heterocycles. The number of nitrogens with one attached hydrogen (secondary N) is 1. The molecule has 0 aromatic heterocycles. The number of rotatable bonds is 3. The monoisotopic (exact) mass is 420 g/mol. The highest BCUT2D eigenvalue weighted by Gasteiger charge is 2.61. The lowest BCUT2D eigenvalue weighted by Gasteiger charge is -2.21. The van der Waals surface area contributed by atoms with Gasteiger partial charge in [0.25, 0.3) is 5.91 Å². The van der Waals surface area contributed by atoms with Gasteiger partial charge in [0.2, 0.25) is 11.8 Å². The molecule has 0 radical (unpaired) electrons. The Balaban J connectivity index is 1.49. The topological polar surface area (TPSA) is 66.5 Å². The Morgan fingerprint density at radius 3 is 2.60 bits per heavy atom. The summed E-state index contributed by atoms with van der Waals surface area (Å²) in [5.41, 5.74) is 3.29. The molecule has 6 heteroatoms. The van der Waals surface area contributed by atoms with Crippen molar-refractivity contribution in [2.75, 3.05) is 10.2 Å². The highest BCUT2D eigenvalue weighted by Crippen LogP contribution is 2.56. The highest BCUT2D eigenvalue weighted by molar-refractivity contribution is 6.31. The van der Waals surface area contributed by atoms with Gasteiger partial charge in [-0.2, -0.15) is 0 Å². The average molecular weight is 421 g/mol. The Bertz CT molecular complexity index is 1140. The van der Waals surface area contributed by atoms with Gasteiger partial charge in [0.1, 0.15) is 0 Å². The molecular formula is C24H21ClN2O3. The van der Waals surface area contributed by atoms with Crippen LogP contribution in [0.25, 0.3) is 0 Å². The van der Waals surface area contributed by atoms with Crippen molar-refractivity contribution in [2.24, 2.45) is 23.7 Å². The number of anilines is 2. The van der Waals surface area contributed by atoms with Crippen LogP contribution in [0.5, 0.6) is 0 Å². The third kappa shape index (κ3) is 2.72. The first-order valence-electron chi connectivity index (χ1n) is 10.1. The molecular weight excluding hydrogens is 400 g/mol. The fourth-order valence-electron chi connectivity index (χ4n) is 5.29. The summed E-state index contributed by atoms with van der Waals surface area (Å²) in [4.78, 5) is 40.9. The summed E-state index contributed by atoms with van der Waals surface area (Å²) < 4.78 is 0. The van der Waals surface area contributed by atoms with Crippen LogP contribution in [-0.2, 0) is 9.59 Å². The van der Waals surface area contributed by atoms with Crippen LogP contribution in [0.3, 0.4) is 0 Å². The third-order valence-corrected chi connectivity index (χ3v) is 6.95. The number of allylic oxidation sites excluding steroid dienone is 2. The molecule has 5 rings (SSSR count). The second kappa shape index (κ2) is 6.81. The Kier molecular flexibility index (Phi) is 4.33. The zero-order chi connectivity index (χ0) is 21.2. The maximum atomic E-state index is 13.3. The molecule has 0 unspecified atom stereocenters. The van der Waals surface area contributed by atoms with Crippen molar-refractivity contribution in [2.45, 2.75) is 20.3 Å². The normalized spacial score (nSPS) is 26.8. The van der Waals surface area contributed by atoms with E-state index in [0.29, 0.717) is 16.4 Å². The standard InChI is InChI=1S/C24H21ClN2O3/c1-12-7-8-15(25)11-18(12)26-22(28)16-5-3-4-6-19(16)27-23(29)20-14-9-13(2)17(10-14)21(20)24(27)30/h3-9,11,14,17,20-21H,10H2,1-2H3,(H,26,28)/t14-,17+,20+,21-/m0/s1. The number of carbonyl (C=O) groups excluding carboxylic acids is 3. The molecule has 2 aliphatic carbocycles. The molecule has 2 fully saturated rings. The summed E-state index contributed by atoms with van der Waals surface area (Å²) in [7, 11) is 0. The largest absolute Gasteiger partial charge is 0.322 e. The first-order valence-corrected chi connectivity index (χ1v) is 10.5. The Labute approximate surface area is 179 Å². The van der Waals surface area contributed by atoms with E-state index < -0.39 is 0 Å². The number of benzene rings is 2. The summed E-state index contributed by atoms with van der Waals surface area (Å²) >= 11 is 6.07. The summed E-state index contributed by atoms with van der Waals surface area (Å²) in [6.45, 7) is 3.91. The molecule has 2 bridgehead atoms. The van der Waals surface area contributed by atoms with Crippen LogP contribution >= 0.6 is 11.6 Å². The summed E-state index contributed by atoms with van der Waals surface area (Å²) in [6.07, 6.45) is 3.02. The van der Waals surface area contributed by atoms with E-state index in [4.69, 9.17) is 11.6 Å². The van der Waals surface area contributed by atoms with E-state index in [1.807, 2.05) is 19.9 Å². The van der Waals surface area contributed by atoms with E-state index >= 15 is 0 Å². The number of carbonyl (C=O) groups is 3. The summed E-state index contributed by atoms with van der Waals surface area (Å²) in [6, 6.07) is 12.0. The number of hydrogen-bond acceptors (Lipinski definition) is 3. The number of nitrogens with zero attached hydrogens (tertiary/aromatic N) is 1. The van der Waals surface area contributed by atoms with Crippen molar-refractivity contribution in [3.8, 4) is 0 Å². The molecule has 1 N–H and O–H groups in total. The number of amides is 3. The van der Waals surface area contributed by atoms with E-state index in [0.717, 1.165) is 12.0 Å². The molecule has 1 heterocycles. The van der Waals surface area contributed by atoms with Crippen molar-refractivity contribution >= 4 is 40.7 Å². The van der Waals surface area contributed by atoms with Gasteiger partial charge in [-0.25, -0.2) is 4.90 Å². The van der Waals surface area contributed by atoms with E-state index in [1.165, 1.54) is 10.5 Å². The molecule has 0 spiro atoms. The molecule has 2 aromatic rings. The van der Waals surface area contributed by atoms with Crippen LogP contribution < -0.4 is 10.2 Å². The van der Waals surface area contributed by atoms with E-state index in [2.05, 4.69) is 11.4 Å². The van der Waals surface area contributed by atoms with Crippen molar-refractivity contribution in [3.05, 3.63) is 70.3 Å². The van der Waals surface area contributed by atoms with Gasteiger partial charge in [-0.1, -0.05) is 41.4 Å². The third-order valence-electron chi connectivity index (χ3n) is 6.72. The van der Waals surface area contributed by atoms with E-state index in [1.54, 1.807) is 36.4 Å². The summed E-state index contributed by atoms with van der Waals surface area (Å²) in [5, 5.41) is 3.38. The maximum Gasteiger partial charge on any atom is 0.257 e. The first kappa shape index (κ1) is 19.1. The van der Waals surface area contributed by atoms with Crippen LogP contribution in [0, 0.1) is 30.6 Å². The molecule has 1 aliphatic heterocycles. The number of para-hydroxylation sites is 1. The van der Waals surface area contributed by atoms with Crippen molar-refractivity contribution in [3.63, 3.8) is 0 Å². The van der Waals surface area contributed by atoms with Gasteiger partial charge in [0.15, 0.2) is 0 Å². The molecule has 1 saturated carbocycles. The first-order chi connectivity index (χ1) is 14.4. The molecule has 3 aliphatic rings. The Morgan fingerprint density at radius 2 is 1.80 bits per heavy atom. The minimum absolute atomic E-state index is 0.122. The lowest BCUT2D eigenvalue weighted by atomic mass is 9.82. The number of halogens is 1. The number of fused-ring (bicyclic) bond motifs is 5. The maximum absolute atomic E-state index is 13.3. The van der Waals surface area contributed by atoms with Crippen molar-refractivity contribution in [1.29, 1.82) is 0 Å². The zero-order valence-corrected chi connectivity index (χ0v) is 17.4. The van der Waals surface area contributed by atoms with Crippen molar-refractivity contribution in [1.82, 2.24) is 0 Å². The van der Waals surface area contributed by atoms with Crippen LogP contribution in [0.15, 0.2) is 54.1 Å². The molecule has 4 atom stereocenters. The fraction of sp³-hybridized carbons (Fsp3) is 0.292. The van der Waals surface area contributed by atoms with Crippen LogP contribution in [0.4, 0.5) is 11.4 Å². The second-order valence-electron chi connectivity index (χ2n) is 8.41.